The summed E-state index contributed by atoms with van der Waals surface area (Å²) in [5.41, 5.74) is -0.779. The average Bonchev–Trinajstić information content (AvgIpc) is 2.94. The number of anilines is 1. The lowest BCUT2D eigenvalue weighted by atomic mass is 10.2. The number of amides is 2. The van der Waals surface area contributed by atoms with Gasteiger partial charge < -0.3 is 15.4 Å². The van der Waals surface area contributed by atoms with E-state index in [9.17, 15) is 18.0 Å². The summed E-state index contributed by atoms with van der Waals surface area (Å²) in [5.74, 6) is 0. The summed E-state index contributed by atoms with van der Waals surface area (Å²) in [6, 6.07) is 7.28. The third kappa shape index (κ3) is 5.12. The van der Waals surface area contributed by atoms with Gasteiger partial charge in [-0.25, -0.2) is 4.79 Å². The van der Waals surface area contributed by atoms with Gasteiger partial charge in [0.1, 0.15) is 6.10 Å². The Morgan fingerprint density at radius 1 is 1.33 bits per heavy atom. The second-order valence-corrected chi connectivity index (χ2v) is 6.53. The lowest BCUT2D eigenvalue weighted by molar-refractivity contribution is -0.137. The molecule has 0 saturated heterocycles. The highest BCUT2D eigenvalue weighted by Gasteiger charge is 2.30. The van der Waals surface area contributed by atoms with Crippen LogP contribution < -0.4 is 10.6 Å². The summed E-state index contributed by atoms with van der Waals surface area (Å²) in [4.78, 5) is 12.7. The van der Waals surface area contributed by atoms with Crippen molar-refractivity contribution >= 4 is 34.7 Å². The van der Waals surface area contributed by atoms with Crippen LogP contribution in [0.2, 0.25) is 4.34 Å². The summed E-state index contributed by atoms with van der Waals surface area (Å²) < 4.78 is 43.8. The number of hydrogen-bond acceptors (Lipinski definition) is 3. The van der Waals surface area contributed by atoms with Crippen molar-refractivity contribution in [2.75, 3.05) is 19.0 Å². The first-order valence-electron chi connectivity index (χ1n) is 6.79. The Kier molecular flexibility index (Phi) is 6.09. The Balaban J connectivity index is 1.93. The van der Waals surface area contributed by atoms with Crippen LogP contribution in [-0.4, -0.2) is 19.7 Å². The van der Waals surface area contributed by atoms with Crippen LogP contribution >= 0.6 is 22.9 Å². The summed E-state index contributed by atoms with van der Waals surface area (Å²) in [7, 11) is 1.49. The number of urea groups is 1. The van der Waals surface area contributed by atoms with Crippen molar-refractivity contribution in [1.29, 1.82) is 0 Å². The molecule has 2 N–H and O–H groups in total. The van der Waals surface area contributed by atoms with E-state index in [4.69, 9.17) is 16.3 Å². The van der Waals surface area contributed by atoms with E-state index < -0.39 is 23.9 Å². The van der Waals surface area contributed by atoms with E-state index in [1.54, 1.807) is 12.1 Å². The van der Waals surface area contributed by atoms with Gasteiger partial charge in [0.2, 0.25) is 0 Å². The molecule has 1 aromatic heterocycles. The van der Waals surface area contributed by atoms with Gasteiger partial charge in [0, 0.05) is 17.7 Å². The molecule has 1 atom stereocenters. The molecule has 9 heteroatoms. The molecular formula is C15H14ClF3N2O2S. The number of carbonyl (C=O) groups excluding carboxylic acids is 1. The first-order chi connectivity index (χ1) is 11.3. The van der Waals surface area contributed by atoms with Crippen molar-refractivity contribution in [3.8, 4) is 0 Å². The molecule has 0 aliphatic rings. The highest BCUT2D eigenvalue weighted by atomic mass is 35.5. The second kappa shape index (κ2) is 7.87. The smallest absolute Gasteiger partial charge is 0.374 e. The zero-order chi connectivity index (χ0) is 17.7. The molecule has 24 heavy (non-hydrogen) atoms. The highest BCUT2D eigenvalue weighted by molar-refractivity contribution is 7.16. The standard InChI is InChI=1S/C15H14ClF3N2O2S/c1-23-11(12-5-6-13(16)24-12)8-20-14(22)21-10-4-2-3-9(7-10)15(17,18)19/h2-7,11H,8H2,1H3,(H2,20,21,22). The lowest BCUT2D eigenvalue weighted by Gasteiger charge is -2.15. The molecule has 0 bridgehead atoms. The van der Waals surface area contributed by atoms with Crippen LogP contribution in [0.15, 0.2) is 36.4 Å². The first kappa shape index (κ1) is 18.6. The first-order valence-corrected chi connectivity index (χ1v) is 7.99. The molecule has 2 aromatic rings. The number of alkyl halides is 3. The summed E-state index contributed by atoms with van der Waals surface area (Å²) in [6.07, 6.45) is -4.86. The van der Waals surface area contributed by atoms with Crippen molar-refractivity contribution in [2.24, 2.45) is 0 Å². The fraction of sp³-hybridized carbons (Fsp3) is 0.267. The maximum Gasteiger partial charge on any atom is 0.416 e. The predicted molar refractivity (Wildman–Crippen MR) is 87.5 cm³/mol. The minimum atomic E-state index is -4.46. The molecule has 0 saturated carbocycles. The van der Waals surface area contributed by atoms with Gasteiger partial charge in [0.05, 0.1) is 16.4 Å². The fourth-order valence-corrected chi connectivity index (χ4v) is 3.07. The number of nitrogens with one attached hydrogen (secondary N) is 2. The molecule has 0 radical (unpaired) electrons. The van der Waals surface area contributed by atoms with Crippen molar-refractivity contribution < 1.29 is 22.7 Å². The van der Waals surface area contributed by atoms with Crippen molar-refractivity contribution in [1.82, 2.24) is 5.32 Å². The minimum absolute atomic E-state index is 0.0514. The molecule has 4 nitrogen and oxygen atoms in total. The van der Waals surface area contributed by atoms with E-state index in [0.717, 1.165) is 17.0 Å². The van der Waals surface area contributed by atoms with Gasteiger partial charge in [-0.2, -0.15) is 13.2 Å². The van der Waals surface area contributed by atoms with Crippen LogP contribution in [0.3, 0.4) is 0 Å². The second-order valence-electron chi connectivity index (χ2n) is 4.78. The molecule has 0 fully saturated rings. The molecule has 1 heterocycles. The zero-order valence-corrected chi connectivity index (χ0v) is 14.1. The Labute approximate surface area is 145 Å². The van der Waals surface area contributed by atoms with Crippen molar-refractivity contribution in [3.05, 3.63) is 51.2 Å². The van der Waals surface area contributed by atoms with E-state index >= 15 is 0 Å². The quantitative estimate of drug-likeness (QED) is 0.775. The number of carbonyl (C=O) groups is 1. The Morgan fingerprint density at radius 3 is 2.67 bits per heavy atom. The molecule has 1 aromatic carbocycles. The average molecular weight is 379 g/mol. The Morgan fingerprint density at radius 2 is 2.08 bits per heavy atom. The number of hydrogen-bond donors (Lipinski definition) is 2. The third-order valence-corrected chi connectivity index (χ3v) is 4.41. The number of rotatable bonds is 5. The summed E-state index contributed by atoms with van der Waals surface area (Å²) in [5, 5.41) is 4.92. The van der Waals surface area contributed by atoms with Crippen LogP contribution in [0.4, 0.5) is 23.7 Å². The molecule has 0 aliphatic heterocycles. The molecule has 0 spiro atoms. The van der Waals surface area contributed by atoms with Gasteiger partial charge in [0.25, 0.3) is 0 Å². The Hall–Kier alpha value is -1.77. The van der Waals surface area contributed by atoms with Crippen LogP contribution in [0, 0.1) is 0 Å². The molecule has 1 unspecified atom stereocenters. The highest BCUT2D eigenvalue weighted by Crippen LogP contribution is 2.31. The van der Waals surface area contributed by atoms with E-state index in [1.807, 2.05) is 0 Å². The topological polar surface area (TPSA) is 50.4 Å². The number of thiophene rings is 1. The van der Waals surface area contributed by atoms with E-state index in [1.165, 1.54) is 30.6 Å². The monoisotopic (exact) mass is 378 g/mol. The van der Waals surface area contributed by atoms with Gasteiger partial charge in [0.15, 0.2) is 0 Å². The van der Waals surface area contributed by atoms with Gasteiger partial charge in [-0.05, 0) is 30.3 Å². The van der Waals surface area contributed by atoms with Crippen molar-refractivity contribution in [2.45, 2.75) is 12.3 Å². The summed E-state index contributed by atoms with van der Waals surface area (Å²) >= 11 is 7.18. The van der Waals surface area contributed by atoms with Gasteiger partial charge in [-0.3, -0.25) is 0 Å². The zero-order valence-electron chi connectivity index (χ0n) is 12.5. The largest absolute Gasteiger partial charge is 0.416 e. The summed E-state index contributed by atoms with van der Waals surface area (Å²) in [6.45, 7) is 0.151. The van der Waals surface area contributed by atoms with Gasteiger partial charge >= 0.3 is 12.2 Å². The number of methoxy groups -OCH3 is 1. The van der Waals surface area contributed by atoms with Gasteiger partial charge in [-0.1, -0.05) is 17.7 Å². The molecule has 2 amide bonds. The molecule has 2 rings (SSSR count). The third-order valence-electron chi connectivity index (χ3n) is 3.09. The Bertz CT molecular complexity index is 706. The van der Waals surface area contributed by atoms with Crippen molar-refractivity contribution in [3.63, 3.8) is 0 Å². The van der Waals surface area contributed by atoms with E-state index in [0.29, 0.717) is 4.34 Å². The predicted octanol–water partition coefficient (Wildman–Crippen LogP) is 4.93. The van der Waals surface area contributed by atoms with Gasteiger partial charge in [-0.15, -0.1) is 11.3 Å². The molecular weight excluding hydrogens is 365 g/mol. The minimum Gasteiger partial charge on any atom is -0.374 e. The molecule has 0 aliphatic carbocycles. The van der Waals surface area contributed by atoms with Crippen LogP contribution in [-0.2, 0) is 10.9 Å². The SMILES string of the molecule is COC(CNC(=O)Nc1cccc(C(F)(F)F)c1)c1ccc(Cl)s1. The maximum atomic E-state index is 12.6. The fourth-order valence-electron chi connectivity index (χ4n) is 1.94. The maximum absolute atomic E-state index is 12.6. The normalized spacial score (nSPS) is 12.7. The lowest BCUT2D eigenvalue weighted by Crippen LogP contribution is -2.32. The molecule has 130 valence electrons. The van der Waals surface area contributed by atoms with E-state index in [2.05, 4.69) is 10.6 Å². The van der Waals surface area contributed by atoms with Crippen LogP contribution in [0.5, 0.6) is 0 Å². The van der Waals surface area contributed by atoms with E-state index in [-0.39, 0.29) is 12.2 Å². The number of benzene rings is 1. The van der Waals surface area contributed by atoms with Crippen LogP contribution in [0.25, 0.3) is 0 Å². The number of ether oxygens (including phenoxy) is 1. The van der Waals surface area contributed by atoms with Crippen LogP contribution in [0.1, 0.15) is 16.5 Å². The number of halogens is 4.